The van der Waals surface area contributed by atoms with Gasteiger partial charge in [-0.2, -0.15) is 27.7 Å². The van der Waals surface area contributed by atoms with E-state index in [-0.39, 0.29) is 17.5 Å². The summed E-state index contributed by atoms with van der Waals surface area (Å²) in [5.41, 5.74) is -1.56. The van der Waals surface area contributed by atoms with Crippen LogP contribution in [0.5, 0.6) is 17.5 Å². The molecule has 9 nitrogen and oxygen atoms in total. The fraction of sp³-hybridized carbons (Fsp3) is 0.353. The Kier molecular flexibility index (Phi) is 6.39. The van der Waals surface area contributed by atoms with Gasteiger partial charge in [0, 0.05) is 0 Å². The molecule has 0 amide bonds. The fourth-order valence-electron chi connectivity index (χ4n) is 2.74. The number of benzene rings is 1. The first-order chi connectivity index (χ1) is 15.0. The number of aromatic nitrogens is 4. The average Bonchev–Trinajstić information content (AvgIpc) is 3.11. The molecule has 3 aromatic rings. The molecular formula is C17H15F5N4O5S. The van der Waals surface area contributed by atoms with Crippen molar-refractivity contribution in [1.82, 2.24) is 19.6 Å². The molecular weight excluding hydrogens is 467 g/mol. The third-order valence-electron chi connectivity index (χ3n) is 4.00. The number of hydrogen-bond donors (Lipinski definition) is 0. The van der Waals surface area contributed by atoms with Gasteiger partial charge in [0.2, 0.25) is 11.8 Å². The zero-order valence-electron chi connectivity index (χ0n) is 16.4. The molecule has 2 heterocycles. The topological polar surface area (TPSA) is 105 Å². The zero-order chi connectivity index (χ0) is 23.7. The number of halogens is 5. The first-order valence-electron chi connectivity index (χ1n) is 8.65. The first-order valence-corrected chi connectivity index (χ1v) is 10.3. The number of rotatable bonds is 8. The molecule has 0 unspecified atom stereocenters. The van der Waals surface area contributed by atoms with Crippen LogP contribution in [0.25, 0.3) is 5.78 Å². The number of methoxy groups -OCH3 is 2. The average molecular weight is 482 g/mol. The van der Waals surface area contributed by atoms with Gasteiger partial charge in [-0.1, -0.05) is 6.07 Å². The molecule has 2 aromatic heterocycles. The van der Waals surface area contributed by atoms with Crippen LogP contribution in [0.2, 0.25) is 0 Å². The zero-order valence-corrected chi connectivity index (χ0v) is 17.2. The summed E-state index contributed by atoms with van der Waals surface area (Å²) in [6, 6.07) is 3.55. The molecule has 32 heavy (non-hydrogen) atoms. The summed E-state index contributed by atoms with van der Waals surface area (Å²) in [5, 5.41) is 3.91. The molecule has 3 rings (SSSR count). The molecule has 0 N–H and O–H groups in total. The highest BCUT2D eigenvalue weighted by atomic mass is 32.2. The summed E-state index contributed by atoms with van der Waals surface area (Å²) in [5.74, 6) is -2.37. The second kappa shape index (κ2) is 8.72. The third-order valence-corrected chi connectivity index (χ3v) is 5.68. The summed E-state index contributed by atoms with van der Waals surface area (Å²) in [6.45, 7) is -1.29. The van der Waals surface area contributed by atoms with Gasteiger partial charge in [-0.15, -0.1) is 5.10 Å². The molecule has 0 saturated carbocycles. The lowest BCUT2D eigenvalue weighted by atomic mass is 10.2. The van der Waals surface area contributed by atoms with Crippen LogP contribution in [-0.4, -0.2) is 55.3 Å². The van der Waals surface area contributed by atoms with Crippen LogP contribution in [0.15, 0.2) is 29.2 Å². The van der Waals surface area contributed by atoms with E-state index in [0.717, 1.165) is 16.6 Å². The van der Waals surface area contributed by atoms with Crippen molar-refractivity contribution in [2.24, 2.45) is 0 Å². The van der Waals surface area contributed by atoms with E-state index in [2.05, 4.69) is 19.8 Å². The summed E-state index contributed by atoms with van der Waals surface area (Å²) in [4.78, 5) is 6.56. The molecule has 0 saturated heterocycles. The van der Waals surface area contributed by atoms with Crippen molar-refractivity contribution in [3.8, 4) is 17.5 Å². The minimum absolute atomic E-state index is 0.0691. The van der Waals surface area contributed by atoms with Gasteiger partial charge in [0.1, 0.15) is 23.0 Å². The first kappa shape index (κ1) is 23.4. The highest BCUT2D eigenvalue weighted by Crippen LogP contribution is 2.40. The summed E-state index contributed by atoms with van der Waals surface area (Å²) in [6.07, 6.45) is -8.13. The summed E-state index contributed by atoms with van der Waals surface area (Å²) in [7, 11) is -2.21. The number of ether oxygens (including phenoxy) is 3. The molecule has 174 valence electrons. The van der Waals surface area contributed by atoms with Gasteiger partial charge < -0.3 is 14.2 Å². The molecule has 0 aliphatic heterocycles. The van der Waals surface area contributed by atoms with E-state index >= 15 is 0 Å². The van der Waals surface area contributed by atoms with E-state index in [1.807, 2.05) is 0 Å². The molecule has 0 fully saturated rings. The van der Waals surface area contributed by atoms with Crippen molar-refractivity contribution in [1.29, 1.82) is 0 Å². The largest absolute Gasteiger partial charge is 0.486 e. The number of alkyl halides is 5. The predicted molar refractivity (Wildman–Crippen MR) is 97.7 cm³/mol. The molecule has 0 bridgehead atoms. The fourth-order valence-corrected chi connectivity index (χ4v) is 4.30. The van der Waals surface area contributed by atoms with Crippen molar-refractivity contribution in [2.75, 3.05) is 20.8 Å². The van der Waals surface area contributed by atoms with E-state index in [4.69, 9.17) is 9.47 Å². The number of sulfone groups is 1. The molecule has 1 aromatic carbocycles. The Labute approximate surface area is 177 Å². The Balaban J connectivity index is 2.10. The highest BCUT2D eigenvalue weighted by molar-refractivity contribution is 7.90. The van der Waals surface area contributed by atoms with Crippen molar-refractivity contribution in [3.05, 3.63) is 35.7 Å². The lowest BCUT2D eigenvalue weighted by Gasteiger charge is -2.17. The summed E-state index contributed by atoms with van der Waals surface area (Å²) < 4.78 is 107. The SMILES string of the molecule is COc1cc(OC)n2nc(CS(=O)(=O)c3c(OCC(F)F)cccc3C(F)(F)F)nc2n1. The van der Waals surface area contributed by atoms with Crippen LogP contribution in [0.1, 0.15) is 11.4 Å². The summed E-state index contributed by atoms with van der Waals surface area (Å²) >= 11 is 0. The van der Waals surface area contributed by atoms with E-state index in [0.29, 0.717) is 6.07 Å². The quantitative estimate of drug-likeness (QED) is 0.452. The predicted octanol–water partition coefficient (Wildman–Crippen LogP) is 2.78. The van der Waals surface area contributed by atoms with E-state index in [1.165, 1.54) is 20.3 Å². The Morgan fingerprint density at radius 1 is 1.12 bits per heavy atom. The van der Waals surface area contributed by atoms with Crippen molar-refractivity contribution >= 4 is 15.6 Å². The van der Waals surface area contributed by atoms with Gasteiger partial charge in [0.15, 0.2) is 15.7 Å². The maximum Gasteiger partial charge on any atom is 0.417 e. The van der Waals surface area contributed by atoms with Gasteiger partial charge in [-0.25, -0.2) is 17.2 Å². The second-order valence-electron chi connectivity index (χ2n) is 6.17. The number of fused-ring (bicyclic) bond motifs is 1. The van der Waals surface area contributed by atoms with Gasteiger partial charge in [-0.3, -0.25) is 0 Å². The Hall–Kier alpha value is -3.23. The second-order valence-corrected chi connectivity index (χ2v) is 8.10. The van der Waals surface area contributed by atoms with Gasteiger partial charge in [0.05, 0.1) is 25.8 Å². The van der Waals surface area contributed by atoms with Crippen molar-refractivity contribution in [2.45, 2.75) is 23.3 Å². The van der Waals surface area contributed by atoms with Gasteiger partial charge in [-0.05, 0) is 12.1 Å². The number of hydrogen-bond acceptors (Lipinski definition) is 8. The monoisotopic (exact) mass is 482 g/mol. The van der Waals surface area contributed by atoms with Crippen LogP contribution in [0, 0.1) is 0 Å². The molecule has 0 radical (unpaired) electrons. The van der Waals surface area contributed by atoms with Gasteiger partial charge >= 0.3 is 6.18 Å². The maximum atomic E-state index is 13.5. The number of nitrogens with zero attached hydrogens (tertiary/aromatic N) is 4. The molecule has 15 heteroatoms. The van der Waals surface area contributed by atoms with Crippen molar-refractivity contribution in [3.63, 3.8) is 0 Å². The lowest BCUT2D eigenvalue weighted by molar-refractivity contribution is -0.140. The minimum atomic E-state index is -5.10. The highest BCUT2D eigenvalue weighted by Gasteiger charge is 2.40. The van der Waals surface area contributed by atoms with Crippen LogP contribution in [0.4, 0.5) is 22.0 Å². The Bertz CT molecular complexity index is 1230. The Morgan fingerprint density at radius 3 is 2.44 bits per heavy atom. The van der Waals surface area contributed by atoms with Gasteiger partial charge in [0.25, 0.3) is 12.2 Å². The minimum Gasteiger partial charge on any atom is -0.486 e. The molecule has 0 aliphatic rings. The van der Waals surface area contributed by atoms with Crippen LogP contribution >= 0.6 is 0 Å². The molecule has 0 aliphatic carbocycles. The smallest absolute Gasteiger partial charge is 0.417 e. The van der Waals surface area contributed by atoms with E-state index in [9.17, 15) is 30.4 Å². The normalized spacial score (nSPS) is 12.4. The van der Waals surface area contributed by atoms with E-state index < -0.39 is 56.8 Å². The lowest BCUT2D eigenvalue weighted by Crippen LogP contribution is -2.18. The molecule has 0 spiro atoms. The maximum absolute atomic E-state index is 13.5. The van der Waals surface area contributed by atoms with E-state index in [1.54, 1.807) is 0 Å². The third kappa shape index (κ3) is 4.81. The van der Waals surface area contributed by atoms with Crippen LogP contribution in [0.3, 0.4) is 0 Å². The Morgan fingerprint density at radius 2 is 1.84 bits per heavy atom. The van der Waals surface area contributed by atoms with Crippen LogP contribution in [-0.2, 0) is 21.8 Å². The van der Waals surface area contributed by atoms with Crippen LogP contribution < -0.4 is 14.2 Å². The standard InChI is InChI=1S/C17H15F5N4O5S/c1-29-13-6-14(30-2)26-16(24-13)23-12(25-26)8-32(27,28)15-9(17(20,21)22)4-3-5-10(15)31-7-11(18)19/h3-6,11H,7-8H2,1-2H3. The van der Waals surface area contributed by atoms with Crippen molar-refractivity contribution < 1.29 is 44.6 Å². The molecule has 0 atom stereocenters.